The number of hydrogen-bond donors (Lipinski definition) is 3. The molecule has 0 radical (unpaired) electrons. The molecule has 34 heavy (non-hydrogen) atoms. The van der Waals surface area contributed by atoms with Crippen LogP contribution in [-0.2, 0) is 23.1 Å². The van der Waals surface area contributed by atoms with Crippen LogP contribution in [0.15, 0.2) is 0 Å². The summed E-state index contributed by atoms with van der Waals surface area (Å²) in [5.74, 6) is -0.274. The maximum absolute atomic E-state index is 11.7. The van der Waals surface area contributed by atoms with Gasteiger partial charge in [0.2, 0.25) is 5.91 Å². The summed E-state index contributed by atoms with van der Waals surface area (Å²) < 4.78 is 26.7. The van der Waals surface area contributed by atoms with Gasteiger partial charge in [-0.15, -0.1) is 0 Å². The lowest BCUT2D eigenvalue weighted by molar-refractivity contribution is -0.120. The van der Waals surface area contributed by atoms with Crippen molar-refractivity contribution in [2.24, 2.45) is 0 Å². The lowest BCUT2D eigenvalue weighted by Crippen LogP contribution is -2.40. The van der Waals surface area contributed by atoms with E-state index in [9.17, 15) is 14.3 Å². The van der Waals surface area contributed by atoms with Crippen LogP contribution in [0.2, 0.25) is 0 Å². The minimum absolute atomic E-state index is 0.193. The Hall–Kier alpha value is -0.500. The van der Waals surface area contributed by atoms with Gasteiger partial charge in [0.05, 0.1) is 32.5 Å². The molecule has 0 bridgehead atoms. The maximum atomic E-state index is 11.7. The van der Waals surface area contributed by atoms with E-state index in [-0.39, 0.29) is 32.3 Å². The van der Waals surface area contributed by atoms with Gasteiger partial charge >= 0.3 is 7.82 Å². The molecule has 1 amide bonds. The molecule has 0 aromatic rings. The SMILES string of the molecule is CCCCCCCCCCCCCCCCCCOC[C@H](COP(=O)(O)OCCO)NC(C)=O. The number of phosphoric ester groups is 1. The normalized spacial score (nSPS) is 14.1. The van der Waals surface area contributed by atoms with E-state index in [1.807, 2.05) is 0 Å². The van der Waals surface area contributed by atoms with Crippen molar-refractivity contribution in [1.82, 2.24) is 5.32 Å². The zero-order valence-corrected chi connectivity index (χ0v) is 22.7. The largest absolute Gasteiger partial charge is 0.472 e. The number of hydrogen-bond acceptors (Lipinski definition) is 6. The summed E-state index contributed by atoms with van der Waals surface area (Å²) in [5.41, 5.74) is 0. The summed E-state index contributed by atoms with van der Waals surface area (Å²) in [6.45, 7) is 3.51. The zero-order chi connectivity index (χ0) is 25.3. The number of carbonyl (C=O) groups excluding carboxylic acids is 1. The summed E-state index contributed by atoms with van der Waals surface area (Å²) in [5, 5.41) is 11.3. The van der Waals surface area contributed by atoms with Gasteiger partial charge in [0, 0.05) is 13.5 Å². The van der Waals surface area contributed by atoms with E-state index in [0.29, 0.717) is 6.61 Å². The van der Waals surface area contributed by atoms with Crippen LogP contribution in [0.25, 0.3) is 0 Å². The van der Waals surface area contributed by atoms with Crippen molar-refractivity contribution in [1.29, 1.82) is 0 Å². The summed E-state index contributed by atoms with van der Waals surface area (Å²) in [7, 11) is -4.25. The third kappa shape index (κ3) is 24.6. The molecule has 0 saturated heterocycles. The second kappa shape index (κ2) is 24.2. The monoisotopic (exact) mass is 509 g/mol. The number of aliphatic hydroxyl groups is 1. The van der Waals surface area contributed by atoms with Crippen LogP contribution in [-0.4, -0.2) is 55.0 Å². The Morgan fingerprint density at radius 3 is 1.68 bits per heavy atom. The maximum Gasteiger partial charge on any atom is 0.472 e. The number of nitrogens with one attached hydrogen (secondary N) is 1. The van der Waals surface area contributed by atoms with Crippen molar-refractivity contribution < 1.29 is 33.1 Å². The number of rotatable bonds is 26. The number of aliphatic hydroxyl groups excluding tert-OH is 1. The number of phosphoric acid groups is 1. The first-order chi connectivity index (χ1) is 16.4. The molecule has 0 aliphatic heterocycles. The average Bonchev–Trinajstić information content (AvgIpc) is 2.80. The molecule has 0 heterocycles. The Kier molecular flexibility index (Phi) is 23.8. The van der Waals surface area contributed by atoms with Crippen molar-refractivity contribution in [2.45, 2.75) is 123 Å². The van der Waals surface area contributed by atoms with Crippen LogP contribution < -0.4 is 5.32 Å². The Morgan fingerprint density at radius 2 is 1.24 bits per heavy atom. The molecule has 204 valence electrons. The highest BCUT2D eigenvalue weighted by Crippen LogP contribution is 2.42. The lowest BCUT2D eigenvalue weighted by atomic mass is 10.0. The van der Waals surface area contributed by atoms with E-state index < -0.39 is 13.9 Å². The number of carbonyl (C=O) groups is 1. The predicted molar refractivity (Wildman–Crippen MR) is 137 cm³/mol. The highest BCUT2D eigenvalue weighted by Gasteiger charge is 2.23. The summed E-state index contributed by atoms with van der Waals surface area (Å²) in [6, 6.07) is -0.545. The van der Waals surface area contributed by atoms with E-state index in [2.05, 4.69) is 16.8 Å². The predicted octanol–water partition coefficient (Wildman–Crippen LogP) is 5.90. The Morgan fingerprint density at radius 1 is 0.765 bits per heavy atom. The smallest absolute Gasteiger partial charge is 0.394 e. The molecule has 1 unspecified atom stereocenters. The van der Waals surface area contributed by atoms with Gasteiger partial charge in [0.1, 0.15) is 0 Å². The molecule has 0 aliphatic rings. The van der Waals surface area contributed by atoms with Crippen LogP contribution in [0.1, 0.15) is 117 Å². The van der Waals surface area contributed by atoms with Crippen LogP contribution >= 0.6 is 7.82 Å². The van der Waals surface area contributed by atoms with Crippen molar-refractivity contribution in [2.75, 3.05) is 33.0 Å². The van der Waals surface area contributed by atoms with Gasteiger partial charge in [-0.1, -0.05) is 103 Å². The molecule has 0 saturated carbocycles. The third-order valence-corrected chi connectivity index (χ3v) is 6.64. The quantitative estimate of drug-likeness (QED) is 0.0983. The molecular formula is C25H52NO7P. The fraction of sp³-hybridized carbons (Fsp3) is 0.960. The second-order valence-corrected chi connectivity index (χ2v) is 10.6. The lowest BCUT2D eigenvalue weighted by Gasteiger charge is -2.19. The molecule has 8 nitrogen and oxygen atoms in total. The van der Waals surface area contributed by atoms with Gasteiger partial charge in [-0.2, -0.15) is 0 Å². The molecule has 2 atom stereocenters. The fourth-order valence-corrected chi connectivity index (χ4v) is 4.53. The molecule has 0 aromatic heterocycles. The van der Waals surface area contributed by atoms with Gasteiger partial charge in [-0.3, -0.25) is 13.8 Å². The van der Waals surface area contributed by atoms with Gasteiger partial charge in [-0.05, 0) is 6.42 Å². The molecule has 0 spiro atoms. The van der Waals surface area contributed by atoms with Crippen molar-refractivity contribution in [3.05, 3.63) is 0 Å². The van der Waals surface area contributed by atoms with Gasteiger partial charge in [0.25, 0.3) is 0 Å². The van der Waals surface area contributed by atoms with Crippen molar-refractivity contribution >= 4 is 13.7 Å². The summed E-state index contributed by atoms with van der Waals surface area (Å²) in [6.07, 6.45) is 21.1. The van der Waals surface area contributed by atoms with Crippen LogP contribution in [0.4, 0.5) is 0 Å². The van der Waals surface area contributed by atoms with Crippen LogP contribution in [0, 0.1) is 0 Å². The van der Waals surface area contributed by atoms with Gasteiger partial charge in [0.15, 0.2) is 0 Å². The molecule has 0 fully saturated rings. The standard InChI is InChI=1S/C25H52NO7P/c1-3-4-5-6-7-8-9-10-11-12-13-14-15-16-17-18-20-31-22-25(26-24(2)28)23-33-34(29,30)32-21-19-27/h25,27H,3-23H2,1-2H3,(H,26,28)(H,29,30)/t25-/m1/s1. The fourth-order valence-electron chi connectivity index (χ4n) is 3.77. The van der Waals surface area contributed by atoms with E-state index in [4.69, 9.17) is 14.4 Å². The minimum Gasteiger partial charge on any atom is -0.394 e. The topological polar surface area (TPSA) is 114 Å². The Bertz CT molecular complexity index is 508. The molecular weight excluding hydrogens is 457 g/mol. The van der Waals surface area contributed by atoms with Crippen LogP contribution in [0.3, 0.4) is 0 Å². The average molecular weight is 510 g/mol. The highest BCUT2D eigenvalue weighted by molar-refractivity contribution is 7.47. The highest BCUT2D eigenvalue weighted by atomic mass is 31.2. The van der Waals surface area contributed by atoms with Gasteiger partial charge < -0.3 is 20.1 Å². The van der Waals surface area contributed by atoms with Gasteiger partial charge in [-0.25, -0.2) is 4.57 Å². The van der Waals surface area contributed by atoms with E-state index in [1.165, 1.54) is 96.8 Å². The Labute approximate surface area is 208 Å². The second-order valence-electron chi connectivity index (χ2n) is 9.10. The first-order valence-corrected chi connectivity index (χ1v) is 15.0. The first kappa shape index (κ1) is 33.5. The molecule has 3 N–H and O–H groups in total. The third-order valence-electron chi connectivity index (χ3n) is 5.65. The number of amides is 1. The molecule has 0 aliphatic carbocycles. The van der Waals surface area contributed by atoms with E-state index in [1.54, 1.807) is 0 Å². The molecule has 9 heteroatoms. The first-order valence-electron chi connectivity index (χ1n) is 13.5. The van der Waals surface area contributed by atoms with Crippen molar-refractivity contribution in [3.8, 4) is 0 Å². The van der Waals surface area contributed by atoms with E-state index >= 15 is 0 Å². The van der Waals surface area contributed by atoms with Crippen LogP contribution in [0.5, 0.6) is 0 Å². The van der Waals surface area contributed by atoms with E-state index in [0.717, 1.165) is 12.8 Å². The van der Waals surface area contributed by atoms with Crippen molar-refractivity contribution in [3.63, 3.8) is 0 Å². The Balaban J connectivity index is 3.57. The summed E-state index contributed by atoms with van der Waals surface area (Å²) in [4.78, 5) is 20.8. The number of unbranched alkanes of at least 4 members (excludes halogenated alkanes) is 15. The minimum atomic E-state index is -4.25. The summed E-state index contributed by atoms with van der Waals surface area (Å²) >= 11 is 0. The molecule has 0 aromatic carbocycles. The number of ether oxygens (including phenoxy) is 1. The molecule has 0 rings (SSSR count). The zero-order valence-electron chi connectivity index (χ0n) is 21.8.